The monoisotopic (exact) mass is 359 g/mol. The minimum atomic E-state index is -0.283. The number of piperidine rings is 1. The number of aliphatic hydroxyl groups is 1. The first-order chi connectivity index (χ1) is 13.3. The SMILES string of the molecule is OC(CC1c2ccccc2-c2cncn21)C1CCN(c2ccccc2)CC1. The van der Waals surface area contributed by atoms with Crippen LogP contribution in [0.5, 0.6) is 0 Å². The molecule has 4 heteroatoms. The highest BCUT2D eigenvalue weighted by atomic mass is 16.3. The maximum atomic E-state index is 11.0. The summed E-state index contributed by atoms with van der Waals surface area (Å²) in [5.41, 5.74) is 5.03. The van der Waals surface area contributed by atoms with Crippen molar-refractivity contribution in [1.82, 2.24) is 9.55 Å². The highest BCUT2D eigenvalue weighted by molar-refractivity contribution is 5.68. The first-order valence-electron chi connectivity index (χ1n) is 9.90. The number of rotatable bonds is 4. The summed E-state index contributed by atoms with van der Waals surface area (Å²) in [5.74, 6) is 0.365. The van der Waals surface area contributed by atoms with Crippen molar-refractivity contribution in [2.75, 3.05) is 18.0 Å². The largest absolute Gasteiger partial charge is 0.393 e. The number of para-hydroxylation sites is 1. The maximum absolute atomic E-state index is 11.0. The van der Waals surface area contributed by atoms with Gasteiger partial charge in [0.1, 0.15) is 0 Å². The van der Waals surface area contributed by atoms with E-state index < -0.39 is 0 Å². The highest BCUT2D eigenvalue weighted by Crippen LogP contribution is 2.42. The standard InChI is InChI=1S/C23H25N3O/c27-23(17-10-12-25(13-11-17)18-6-2-1-3-7-18)14-21-19-8-4-5-9-20(19)22-15-24-16-26(21)22/h1-9,15-17,21,23,27H,10-14H2. The van der Waals surface area contributed by atoms with Crippen LogP contribution in [0.3, 0.4) is 0 Å². The van der Waals surface area contributed by atoms with Gasteiger partial charge in [-0.25, -0.2) is 4.98 Å². The Morgan fingerprint density at radius 1 is 1.00 bits per heavy atom. The molecule has 3 aromatic rings. The summed E-state index contributed by atoms with van der Waals surface area (Å²) in [6.45, 7) is 2.03. The number of imidazole rings is 1. The summed E-state index contributed by atoms with van der Waals surface area (Å²) < 4.78 is 2.23. The second-order valence-electron chi connectivity index (χ2n) is 7.75. The lowest BCUT2D eigenvalue weighted by molar-refractivity contribution is 0.0757. The van der Waals surface area contributed by atoms with Crippen molar-refractivity contribution in [2.24, 2.45) is 5.92 Å². The van der Waals surface area contributed by atoms with Gasteiger partial charge < -0.3 is 14.6 Å². The van der Waals surface area contributed by atoms with Crippen LogP contribution in [0.2, 0.25) is 0 Å². The molecule has 1 N–H and O–H groups in total. The second kappa shape index (κ2) is 6.86. The highest BCUT2D eigenvalue weighted by Gasteiger charge is 2.33. The summed E-state index contributed by atoms with van der Waals surface area (Å²) in [6, 6.07) is 19.3. The third kappa shape index (κ3) is 2.94. The molecule has 27 heavy (non-hydrogen) atoms. The number of hydrogen-bond acceptors (Lipinski definition) is 3. The normalized spacial score (nSPS) is 20.3. The van der Waals surface area contributed by atoms with Gasteiger partial charge in [-0.2, -0.15) is 0 Å². The van der Waals surface area contributed by atoms with E-state index in [0.29, 0.717) is 5.92 Å². The van der Waals surface area contributed by atoms with Crippen LogP contribution >= 0.6 is 0 Å². The van der Waals surface area contributed by atoms with E-state index >= 15 is 0 Å². The van der Waals surface area contributed by atoms with E-state index in [9.17, 15) is 5.11 Å². The minimum Gasteiger partial charge on any atom is -0.393 e. The zero-order chi connectivity index (χ0) is 18.2. The van der Waals surface area contributed by atoms with Crippen molar-refractivity contribution in [1.29, 1.82) is 0 Å². The Labute approximate surface area is 160 Å². The van der Waals surface area contributed by atoms with Crippen molar-refractivity contribution in [3.63, 3.8) is 0 Å². The molecule has 1 saturated heterocycles. The summed E-state index contributed by atoms with van der Waals surface area (Å²) >= 11 is 0. The molecule has 3 heterocycles. The van der Waals surface area contributed by atoms with Crippen molar-refractivity contribution in [3.8, 4) is 11.3 Å². The van der Waals surface area contributed by atoms with E-state index in [-0.39, 0.29) is 12.1 Å². The van der Waals surface area contributed by atoms with Gasteiger partial charge in [-0.1, -0.05) is 42.5 Å². The Kier molecular flexibility index (Phi) is 4.21. The molecule has 0 radical (unpaired) electrons. The number of anilines is 1. The molecule has 0 saturated carbocycles. The molecule has 2 aliphatic heterocycles. The molecule has 1 fully saturated rings. The van der Waals surface area contributed by atoms with E-state index in [0.717, 1.165) is 32.4 Å². The molecule has 4 nitrogen and oxygen atoms in total. The van der Waals surface area contributed by atoms with Gasteiger partial charge in [-0.15, -0.1) is 0 Å². The molecule has 138 valence electrons. The summed E-state index contributed by atoms with van der Waals surface area (Å²) in [6.07, 6.45) is 6.40. The van der Waals surface area contributed by atoms with Crippen LogP contribution in [0, 0.1) is 5.92 Å². The van der Waals surface area contributed by atoms with Gasteiger partial charge >= 0.3 is 0 Å². The average Bonchev–Trinajstić information content (AvgIpc) is 3.32. The lowest BCUT2D eigenvalue weighted by Gasteiger charge is -2.36. The first-order valence-corrected chi connectivity index (χ1v) is 9.90. The van der Waals surface area contributed by atoms with Gasteiger partial charge in [0.15, 0.2) is 0 Å². The average molecular weight is 359 g/mol. The molecule has 2 atom stereocenters. The number of nitrogens with zero attached hydrogens (tertiary/aromatic N) is 3. The maximum Gasteiger partial charge on any atom is 0.0956 e. The topological polar surface area (TPSA) is 41.3 Å². The molecule has 5 rings (SSSR count). The third-order valence-corrected chi connectivity index (χ3v) is 6.27. The minimum absolute atomic E-state index is 0.195. The van der Waals surface area contributed by atoms with E-state index in [1.807, 2.05) is 12.5 Å². The van der Waals surface area contributed by atoms with Gasteiger partial charge in [0, 0.05) is 24.3 Å². The van der Waals surface area contributed by atoms with Crippen molar-refractivity contribution < 1.29 is 5.11 Å². The van der Waals surface area contributed by atoms with Crippen LogP contribution in [0.25, 0.3) is 11.3 Å². The number of fused-ring (bicyclic) bond motifs is 3. The lowest BCUT2D eigenvalue weighted by Crippen LogP contribution is -2.38. The first kappa shape index (κ1) is 16.6. The zero-order valence-electron chi connectivity index (χ0n) is 15.4. The van der Waals surface area contributed by atoms with Crippen molar-refractivity contribution >= 4 is 5.69 Å². The Balaban J connectivity index is 1.28. The zero-order valence-corrected chi connectivity index (χ0v) is 15.4. The predicted octanol–water partition coefficient (Wildman–Crippen LogP) is 4.12. The molecule has 2 aliphatic rings. The summed E-state index contributed by atoms with van der Waals surface area (Å²) in [5, 5.41) is 11.0. The fourth-order valence-corrected chi connectivity index (χ4v) is 4.78. The Bertz CT molecular complexity index is 912. The van der Waals surface area contributed by atoms with E-state index in [2.05, 4.69) is 69.0 Å². The Morgan fingerprint density at radius 2 is 1.74 bits per heavy atom. The number of aromatic nitrogens is 2. The van der Waals surface area contributed by atoms with Crippen molar-refractivity contribution in [3.05, 3.63) is 72.7 Å². The van der Waals surface area contributed by atoms with Gasteiger partial charge in [-0.3, -0.25) is 0 Å². The molecule has 0 amide bonds. The van der Waals surface area contributed by atoms with Gasteiger partial charge in [0.05, 0.1) is 30.4 Å². The third-order valence-electron chi connectivity index (χ3n) is 6.27. The molecule has 2 unspecified atom stereocenters. The number of hydrogen-bond donors (Lipinski definition) is 1. The molecule has 1 aromatic heterocycles. The second-order valence-corrected chi connectivity index (χ2v) is 7.75. The predicted molar refractivity (Wildman–Crippen MR) is 108 cm³/mol. The fraction of sp³-hybridized carbons (Fsp3) is 0.348. The molecule has 2 aromatic carbocycles. The molecular formula is C23H25N3O. The molecular weight excluding hydrogens is 334 g/mol. The van der Waals surface area contributed by atoms with Crippen LogP contribution < -0.4 is 4.90 Å². The van der Waals surface area contributed by atoms with E-state index in [4.69, 9.17) is 0 Å². The van der Waals surface area contributed by atoms with Crippen molar-refractivity contribution in [2.45, 2.75) is 31.4 Å². The summed E-state index contributed by atoms with van der Waals surface area (Å²) in [7, 11) is 0. The van der Waals surface area contributed by atoms with Crippen LogP contribution in [0.1, 0.15) is 30.9 Å². The number of aliphatic hydroxyl groups excluding tert-OH is 1. The van der Waals surface area contributed by atoms with Crippen LogP contribution in [0.4, 0.5) is 5.69 Å². The fourth-order valence-electron chi connectivity index (χ4n) is 4.78. The van der Waals surface area contributed by atoms with Crippen LogP contribution in [0.15, 0.2) is 67.1 Å². The molecule has 0 bridgehead atoms. The number of benzene rings is 2. The van der Waals surface area contributed by atoms with Crippen LogP contribution in [-0.4, -0.2) is 33.9 Å². The van der Waals surface area contributed by atoms with Gasteiger partial charge in [0.25, 0.3) is 0 Å². The van der Waals surface area contributed by atoms with Gasteiger partial charge in [-0.05, 0) is 42.9 Å². The Morgan fingerprint density at radius 3 is 2.56 bits per heavy atom. The molecule has 0 aliphatic carbocycles. The molecule has 0 spiro atoms. The summed E-state index contributed by atoms with van der Waals surface area (Å²) in [4.78, 5) is 6.76. The smallest absolute Gasteiger partial charge is 0.0956 e. The van der Waals surface area contributed by atoms with Gasteiger partial charge in [0.2, 0.25) is 0 Å². The van der Waals surface area contributed by atoms with E-state index in [1.54, 1.807) is 0 Å². The quantitative estimate of drug-likeness (QED) is 0.762. The lowest BCUT2D eigenvalue weighted by atomic mass is 9.86. The Hall–Kier alpha value is -2.59. The van der Waals surface area contributed by atoms with Crippen LogP contribution in [-0.2, 0) is 0 Å². The van der Waals surface area contributed by atoms with E-state index in [1.165, 1.54) is 22.5 Å².